The molecular weight excluding hydrogens is 376 g/mol. The minimum Gasteiger partial charge on any atom is -0.244 e. The molecule has 27 heavy (non-hydrogen) atoms. The average Bonchev–Trinajstić information content (AvgIpc) is 3.35. The first-order valence-electron chi connectivity index (χ1n) is 8.18. The van der Waals surface area contributed by atoms with Crippen LogP contribution in [0.15, 0.2) is 54.7 Å². The van der Waals surface area contributed by atoms with E-state index in [0.29, 0.717) is 5.82 Å². The molecule has 0 saturated heterocycles. The fourth-order valence-corrected chi connectivity index (χ4v) is 4.70. The van der Waals surface area contributed by atoms with Crippen LogP contribution in [0.5, 0.6) is 0 Å². The van der Waals surface area contributed by atoms with Crippen molar-refractivity contribution >= 4 is 32.8 Å². The molecule has 5 rings (SSSR count). The Morgan fingerprint density at radius 1 is 1.00 bits per heavy atom. The van der Waals surface area contributed by atoms with Crippen molar-refractivity contribution in [2.24, 2.45) is 0 Å². The molecule has 0 radical (unpaired) electrons. The van der Waals surface area contributed by atoms with Crippen molar-refractivity contribution in [3.8, 4) is 32.7 Å². The van der Waals surface area contributed by atoms with Crippen LogP contribution in [0.2, 0.25) is 0 Å². The van der Waals surface area contributed by atoms with E-state index in [1.165, 1.54) is 6.33 Å². The first-order chi connectivity index (χ1) is 13.3. The number of aromatic nitrogens is 6. The van der Waals surface area contributed by atoms with E-state index >= 15 is 0 Å². The van der Waals surface area contributed by atoms with Gasteiger partial charge in [0.15, 0.2) is 5.82 Å². The highest BCUT2D eigenvalue weighted by molar-refractivity contribution is 7.19. The smallest absolute Gasteiger partial charge is 0.178 e. The van der Waals surface area contributed by atoms with Crippen LogP contribution >= 0.6 is 22.7 Å². The van der Waals surface area contributed by atoms with E-state index in [-0.39, 0.29) is 0 Å². The summed E-state index contributed by atoms with van der Waals surface area (Å²) >= 11 is 3.28. The molecule has 0 aliphatic heterocycles. The SMILES string of the molecule is Cc1nc(-c2cncnc2)sc1-c1nc(-c2ncccn2)cc2sccc12. The van der Waals surface area contributed by atoms with Gasteiger partial charge in [-0.2, -0.15) is 0 Å². The predicted molar refractivity (Wildman–Crippen MR) is 108 cm³/mol. The van der Waals surface area contributed by atoms with Crippen LogP contribution in [0.25, 0.3) is 42.7 Å². The maximum absolute atomic E-state index is 4.90. The second-order valence-electron chi connectivity index (χ2n) is 5.82. The largest absolute Gasteiger partial charge is 0.244 e. The van der Waals surface area contributed by atoms with Gasteiger partial charge in [-0.1, -0.05) is 0 Å². The Morgan fingerprint density at radius 2 is 1.81 bits per heavy atom. The summed E-state index contributed by atoms with van der Waals surface area (Å²) in [5, 5.41) is 4.07. The van der Waals surface area contributed by atoms with Gasteiger partial charge in [-0.3, -0.25) is 0 Å². The number of pyridine rings is 1. The van der Waals surface area contributed by atoms with Crippen molar-refractivity contribution in [3.63, 3.8) is 0 Å². The van der Waals surface area contributed by atoms with E-state index < -0.39 is 0 Å². The lowest BCUT2D eigenvalue weighted by Gasteiger charge is -2.05. The van der Waals surface area contributed by atoms with E-state index in [0.717, 1.165) is 42.6 Å². The zero-order valence-corrected chi connectivity index (χ0v) is 15.8. The normalized spacial score (nSPS) is 11.1. The van der Waals surface area contributed by atoms with Gasteiger partial charge in [0.05, 0.1) is 16.3 Å². The van der Waals surface area contributed by atoms with Gasteiger partial charge < -0.3 is 0 Å². The molecule has 130 valence electrons. The van der Waals surface area contributed by atoms with Crippen molar-refractivity contribution in [1.29, 1.82) is 0 Å². The lowest BCUT2D eigenvalue weighted by atomic mass is 10.1. The fraction of sp³-hybridized carbons (Fsp3) is 0.0526. The first-order valence-corrected chi connectivity index (χ1v) is 9.88. The quantitative estimate of drug-likeness (QED) is 0.448. The number of nitrogens with zero attached hydrogens (tertiary/aromatic N) is 6. The predicted octanol–water partition coefficient (Wildman–Crippen LogP) is 4.64. The third-order valence-electron chi connectivity index (χ3n) is 4.06. The Balaban J connectivity index is 1.71. The van der Waals surface area contributed by atoms with Crippen LogP contribution in [0.3, 0.4) is 0 Å². The molecule has 0 fully saturated rings. The lowest BCUT2D eigenvalue weighted by molar-refractivity contribution is 1.14. The van der Waals surface area contributed by atoms with Crippen LogP contribution in [0, 0.1) is 6.92 Å². The van der Waals surface area contributed by atoms with Gasteiger partial charge in [0.25, 0.3) is 0 Å². The molecule has 0 aliphatic rings. The average molecular weight is 388 g/mol. The second kappa shape index (κ2) is 6.57. The molecule has 0 aromatic carbocycles. The number of fused-ring (bicyclic) bond motifs is 1. The number of aryl methyl sites for hydroxylation is 1. The maximum Gasteiger partial charge on any atom is 0.178 e. The van der Waals surface area contributed by atoms with E-state index in [1.807, 2.05) is 13.0 Å². The summed E-state index contributed by atoms with van der Waals surface area (Å²) in [6, 6.07) is 5.94. The van der Waals surface area contributed by atoms with Crippen molar-refractivity contribution in [1.82, 2.24) is 29.9 Å². The molecule has 0 N–H and O–H groups in total. The molecule has 0 unspecified atom stereocenters. The minimum atomic E-state index is 0.618. The molecular formula is C19H12N6S2. The Morgan fingerprint density at radius 3 is 2.63 bits per heavy atom. The zero-order valence-electron chi connectivity index (χ0n) is 14.2. The van der Waals surface area contributed by atoms with Gasteiger partial charge in [-0.15, -0.1) is 22.7 Å². The van der Waals surface area contributed by atoms with Crippen LogP contribution < -0.4 is 0 Å². The van der Waals surface area contributed by atoms with E-state index in [1.54, 1.807) is 53.5 Å². The molecule has 5 heterocycles. The lowest BCUT2D eigenvalue weighted by Crippen LogP contribution is -1.93. The molecule has 0 bridgehead atoms. The number of rotatable bonds is 3. The Bertz CT molecular complexity index is 1230. The van der Waals surface area contributed by atoms with Crippen LogP contribution in [0.4, 0.5) is 0 Å². The van der Waals surface area contributed by atoms with Gasteiger partial charge >= 0.3 is 0 Å². The van der Waals surface area contributed by atoms with Crippen LogP contribution in [0.1, 0.15) is 5.69 Å². The van der Waals surface area contributed by atoms with E-state index in [2.05, 4.69) is 31.4 Å². The highest BCUT2D eigenvalue weighted by Crippen LogP contribution is 2.39. The number of thiazole rings is 1. The second-order valence-corrected chi connectivity index (χ2v) is 7.77. The van der Waals surface area contributed by atoms with Gasteiger partial charge in [-0.25, -0.2) is 29.9 Å². The topological polar surface area (TPSA) is 77.3 Å². The maximum atomic E-state index is 4.90. The molecule has 0 spiro atoms. The van der Waals surface area contributed by atoms with Crippen molar-refractivity contribution in [3.05, 3.63) is 60.4 Å². The summed E-state index contributed by atoms with van der Waals surface area (Å²) in [7, 11) is 0. The van der Waals surface area contributed by atoms with E-state index in [4.69, 9.17) is 9.97 Å². The molecule has 5 aromatic heterocycles. The van der Waals surface area contributed by atoms with Crippen LogP contribution in [-0.2, 0) is 0 Å². The summed E-state index contributed by atoms with van der Waals surface area (Å²) in [5.41, 5.74) is 3.51. The zero-order chi connectivity index (χ0) is 18.2. The third-order valence-corrected chi connectivity index (χ3v) is 6.14. The highest BCUT2D eigenvalue weighted by atomic mass is 32.1. The van der Waals surface area contributed by atoms with Gasteiger partial charge in [-0.05, 0) is 30.5 Å². The van der Waals surface area contributed by atoms with Gasteiger partial charge in [0.1, 0.15) is 17.0 Å². The summed E-state index contributed by atoms with van der Waals surface area (Å²) in [6.45, 7) is 2.00. The Labute approximate surface area is 162 Å². The summed E-state index contributed by atoms with van der Waals surface area (Å²) < 4.78 is 1.15. The first kappa shape index (κ1) is 16.1. The van der Waals surface area contributed by atoms with Crippen molar-refractivity contribution in [2.75, 3.05) is 0 Å². The molecule has 0 saturated carbocycles. The van der Waals surface area contributed by atoms with Gasteiger partial charge in [0, 0.05) is 40.4 Å². The minimum absolute atomic E-state index is 0.618. The Hall–Kier alpha value is -3.10. The van der Waals surface area contributed by atoms with Crippen molar-refractivity contribution < 1.29 is 0 Å². The van der Waals surface area contributed by atoms with Crippen LogP contribution in [-0.4, -0.2) is 29.9 Å². The standard InChI is InChI=1S/C19H12N6S2/c1-11-17(27-19(24-11)12-8-20-10-21-9-12)16-13-3-6-26-15(13)7-14(25-16)18-22-4-2-5-23-18/h2-10H,1H3. The van der Waals surface area contributed by atoms with E-state index in [9.17, 15) is 0 Å². The molecule has 0 atom stereocenters. The summed E-state index contributed by atoms with van der Waals surface area (Å²) in [5.74, 6) is 0.618. The molecule has 0 amide bonds. The molecule has 8 heteroatoms. The summed E-state index contributed by atoms with van der Waals surface area (Å²) in [6.07, 6.45) is 8.53. The fourth-order valence-electron chi connectivity index (χ4n) is 2.83. The Kier molecular flexibility index (Phi) is 3.92. The highest BCUT2D eigenvalue weighted by Gasteiger charge is 2.18. The molecule has 5 aromatic rings. The monoisotopic (exact) mass is 388 g/mol. The molecule has 0 aliphatic carbocycles. The number of thiophene rings is 1. The van der Waals surface area contributed by atoms with Crippen molar-refractivity contribution in [2.45, 2.75) is 6.92 Å². The molecule has 6 nitrogen and oxygen atoms in total. The van der Waals surface area contributed by atoms with Gasteiger partial charge in [0.2, 0.25) is 0 Å². The number of hydrogen-bond donors (Lipinski definition) is 0. The summed E-state index contributed by atoms with van der Waals surface area (Å²) in [4.78, 5) is 27.6. The third kappa shape index (κ3) is 2.88. The number of hydrogen-bond acceptors (Lipinski definition) is 8.